The first kappa shape index (κ1) is 18.4. The zero-order valence-corrected chi connectivity index (χ0v) is 16.8. The number of rotatable bonds is 3. The number of ether oxygens (including phenoxy) is 2. The molecular weight excluding hydrogens is 385 g/mol. The second-order valence-electron chi connectivity index (χ2n) is 6.23. The van der Waals surface area contributed by atoms with Gasteiger partial charge in [-0.25, -0.2) is 14.5 Å². The van der Waals surface area contributed by atoms with E-state index in [9.17, 15) is 9.36 Å². The van der Waals surface area contributed by atoms with Crippen LogP contribution in [0.2, 0.25) is 0 Å². The van der Waals surface area contributed by atoms with Crippen LogP contribution in [-0.2, 0) is 14.0 Å². The smallest absolute Gasteiger partial charge is 0.348 e. The molecule has 0 radical (unpaired) electrons. The summed E-state index contributed by atoms with van der Waals surface area (Å²) in [6.07, 6.45) is 0. The fourth-order valence-corrected chi connectivity index (χ4v) is 7.48. The monoisotopic (exact) mass is 405 g/mol. The van der Waals surface area contributed by atoms with E-state index in [1.807, 2.05) is 35.0 Å². The number of aliphatic imine (C=N–C) groups is 1. The maximum atomic E-state index is 14.4. The van der Waals surface area contributed by atoms with Crippen molar-refractivity contribution in [3.05, 3.63) is 46.8 Å². The molecule has 142 valence electrons. The maximum absolute atomic E-state index is 14.4. The Kier molecular flexibility index (Phi) is 4.90. The van der Waals surface area contributed by atoms with Gasteiger partial charge in [-0.15, -0.1) is 11.3 Å². The Morgan fingerprint density at radius 2 is 1.96 bits per heavy atom. The molecular formula is C18H20N3O4PS. The van der Waals surface area contributed by atoms with Crippen LogP contribution in [0.5, 0.6) is 0 Å². The summed E-state index contributed by atoms with van der Waals surface area (Å²) in [5, 5.41) is 1.19. The summed E-state index contributed by atoms with van der Waals surface area (Å²) >= 11 is 1.22. The van der Waals surface area contributed by atoms with Crippen LogP contribution < -0.4 is 5.30 Å². The first-order chi connectivity index (χ1) is 13.1. The molecule has 2 aliphatic heterocycles. The van der Waals surface area contributed by atoms with Crippen molar-refractivity contribution in [3.63, 3.8) is 0 Å². The van der Waals surface area contributed by atoms with Crippen molar-refractivity contribution in [2.24, 2.45) is 4.99 Å². The Morgan fingerprint density at radius 3 is 2.63 bits per heavy atom. The molecule has 7 nitrogen and oxygen atoms in total. The van der Waals surface area contributed by atoms with Gasteiger partial charge in [0.15, 0.2) is 0 Å². The van der Waals surface area contributed by atoms with E-state index < -0.39 is 13.4 Å². The standard InChI is InChI=1S/C18H20N3O4PS/c1-20-16(13-6-4-3-5-7-13)19-17-14(12-15(27-17)18(22)24-2)26(20,23)21-8-10-25-11-9-21/h3-7,12H,8-11H2,1-2H3/t26-/m0/s1. The molecule has 9 heteroatoms. The molecule has 0 N–H and O–H groups in total. The predicted octanol–water partition coefficient (Wildman–Crippen LogP) is 2.71. The number of fused-ring (bicyclic) bond motifs is 1. The van der Waals surface area contributed by atoms with E-state index in [1.54, 1.807) is 17.8 Å². The van der Waals surface area contributed by atoms with Crippen molar-refractivity contribution in [1.29, 1.82) is 0 Å². The molecule has 3 heterocycles. The summed E-state index contributed by atoms with van der Waals surface area (Å²) in [5.74, 6) is 0.193. The molecule has 1 fully saturated rings. The molecule has 0 amide bonds. The molecule has 0 bridgehead atoms. The van der Waals surface area contributed by atoms with Gasteiger partial charge in [0.25, 0.3) is 7.44 Å². The van der Waals surface area contributed by atoms with Crippen molar-refractivity contribution in [2.75, 3.05) is 40.5 Å². The number of benzene rings is 1. The highest BCUT2D eigenvalue weighted by atomic mass is 32.1. The number of hydrogen-bond acceptors (Lipinski definition) is 6. The predicted molar refractivity (Wildman–Crippen MR) is 106 cm³/mol. The Hall–Kier alpha value is -1.99. The van der Waals surface area contributed by atoms with E-state index in [-0.39, 0.29) is 0 Å². The summed E-state index contributed by atoms with van der Waals surface area (Å²) in [4.78, 5) is 17.2. The lowest BCUT2D eigenvalue weighted by atomic mass is 10.2. The highest BCUT2D eigenvalue weighted by Gasteiger charge is 2.45. The van der Waals surface area contributed by atoms with Crippen LogP contribution in [0.15, 0.2) is 41.4 Å². The number of nitrogens with zero attached hydrogens (tertiary/aromatic N) is 3. The largest absolute Gasteiger partial charge is 0.465 e. The summed E-state index contributed by atoms with van der Waals surface area (Å²) < 4.78 is 28.4. The lowest BCUT2D eigenvalue weighted by Crippen LogP contribution is -2.44. The van der Waals surface area contributed by atoms with E-state index in [0.29, 0.717) is 47.3 Å². The third-order valence-electron chi connectivity index (χ3n) is 4.72. The van der Waals surface area contributed by atoms with Gasteiger partial charge in [0.1, 0.15) is 15.7 Å². The van der Waals surface area contributed by atoms with Crippen LogP contribution in [0.4, 0.5) is 5.00 Å². The molecule has 0 spiro atoms. The van der Waals surface area contributed by atoms with Gasteiger partial charge >= 0.3 is 5.97 Å². The molecule has 1 aromatic carbocycles. The maximum Gasteiger partial charge on any atom is 0.348 e. The number of thiophene rings is 1. The number of methoxy groups -OCH3 is 1. The fraction of sp³-hybridized carbons (Fsp3) is 0.333. The number of amidine groups is 1. The molecule has 1 saturated heterocycles. The number of morpholine rings is 1. The van der Waals surface area contributed by atoms with E-state index in [0.717, 1.165) is 5.56 Å². The molecule has 2 aliphatic rings. The first-order valence-corrected chi connectivity index (χ1v) is 11.0. The van der Waals surface area contributed by atoms with Crippen molar-refractivity contribution in [3.8, 4) is 0 Å². The Labute approximate surface area is 161 Å². The molecule has 0 unspecified atom stereocenters. The van der Waals surface area contributed by atoms with Gasteiger partial charge in [-0.3, -0.25) is 9.24 Å². The number of carbonyl (C=O) groups excluding carboxylic acids is 1. The minimum atomic E-state index is -3.16. The first-order valence-electron chi connectivity index (χ1n) is 8.60. The SMILES string of the molecule is COC(=O)c1cc2c(s1)N=C(c1ccccc1)N(C)[P@]2(=O)N1CCOCC1. The van der Waals surface area contributed by atoms with Crippen LogP contribution in [0.25, 0.3) is 0 Å². The topological polar surface area (TPSA) is 71.4 Å². The van der Waals surface area contributed by atoms with E-state index in [4.69, 9.17) is 14.5 Å². The second-order valence-corrected chi connectivity index (χ2v) is 9.99. The molecule has 0 saturated carbocycles. The van der Waals surface area contributed by atoms with Gasteiger partial charge in [0.2, 0.25) is 0 Å². The number of hydrogen-bond donors (Lipinski definition) is 0. The molecule has 1 atom stereocenters. The Balaban J connectivity index is 1.89. The van der Waals surface area contributed by atoms with Gasteiger partial charge in [-0.1, -0.05) is 30.3 Å². The number of esters is 1. The van der Waals surface area contributed by atoms with Crippen molar-refractivity contribution < 1.29 is 18.8 Å². The highest BCUT2D eigenvalue weighted by molar-refractivity contribution is 7.69. The van der Waals surface area contributed by atoms with E-state index in [2.05, 4.69) is 0 Å². The lowest BCUT2D eigenvalue weighted by Gasteiger charge is -2.42. The Morgan fingerprint density at radius 1 is 1.26 bits per heavy atom. The fourth-order valence-electron chi connectivity index (χ4n) is 3.33. The molecule has 2 aromatic rings. The van der Waals surface area contributed by atoms with Crippen LogP contribution in [-0.4, -0.2) is 61.6 Å². The summed E-state index contributed by atoms with van der Waals surface area (Å²) in [5.41, 5.74) is 0.882. The van der Waals surface area contributed by atoms with E-state index >= 15 is 0 Å². The molecule has 1 aromatic heterocycles. The summed E-state index contributed by atoms with van der Waals surface area (Å²) in [6, 6.07) is 11.3. The zero-order chi connectivity index (χ0) is 19.0. The molecule has 0 aliphatic carbocycles. The van der Waals surface area contributed by atoms with Crippen LogP contribution in [0, 0.1) is 0 Å². The van der Waals surface area contributed by atoms with Gasteiger partial charge in [0.05, 0.1) is 25.6 Å². The highest BCUT2D eigenvalue weighted by Crippen LogP contribution is 2.58. The molecule has 4 rings (SSSR count). The van der Waals surface area contributed by atoms with Crippen LogP contribution >= 0.6 is 18.8 Å². The van der Waals surface area contributed by atoms with Gasteiger partial charge in [-0.05, 0) is 6.07 Å². The minimum absolute atomic E-state index is 0.405. The average Bonchev–Trinajstić information content (AvgIpc) is 3.16. The van der Waals surface area contributed by atoms with Gasteiger partial charge < -0.3 is 9.47 Å². The average molecular weight is 405 g/mol. The number of carbonyl (C=O) groups is 1. The quantitative estimate of drug-likeness (QED) is 0.578. The third kappa shape index (κ3) is 3.02. The minimum Gasteiger partial charge on any atom is -0.465 e. The lowest BCUT2D eigenvalue weighted by molar-refractivity contribution is 0.0606. The summed E-state index contributed by atoms with van der Waals surface area (Å²) in [6.45, 7) is 2.18. The van der Waals surface area contributed by atoms with Crippen molar-refractivity contribution >= 4 is 40.9 Å². The normalized spacial score (nSPS) is 22.9. The second kappa shape index (κ2) is 7.20. The van der Waals surface area contributed by atoms with Crippen molar-refractivity contribution in [2.45, 2.75) is 0 Å². The van der Waals surface area contributed by atoms with Crippen molar-refractivity contribution in [1.82, 2.24) is 9.34 Å². The van der Waals surface area contributed by atoms with Gasteiger partial charge in [0, 0.05) is 25.7 Å². The third-order valence-corrected chi connectivity index (χ3v) is 9.02. The Bertz CT molecular complexity index is 937. The van der Waals surface area contributed by atoms with Crippen LogP contribution in [0.1, 0.15) is 15.2 Å². The van der Waals surface area contributed by atoms with Crippen LogP contribution in [0.3, 0.4) is 0 Å². The summed E-state index contributed by atoms with van der Waals surface area (Å²) in [7, 11) is -0.0156. The molecule has 27 heavy (non-hydrogen) atoms. The van der Waals surface area contributed by atoms with E-state index in [1.165, 1.54) is 18.4 Å². The zero-order valence-electron chi connectivity index (χ0n) is 15.1. The van der Waals surface area contributed by atoms with Gasteiger partial charge in [-0.2, -0.15) is 0 Å².